The number of carbonyl (C=O) groups excluding carboxylic acids is 6. The maximum atomic E-state index is 12.0. The molecule has 0 bridgehead atoms. The number of hydrogen-bond donors (Lipinski definition) is 1. The molecule has 0 aromatic rings. The van der Waals surface area contributed by atoms with Crippen LogP contribution >= 0.6 is 0 Å². The van der Waals surface area contributed by atoms with Gasteiger partial charge in [-0.2, -0.15) is 0 Å². The second-order valence-electron chi connectivity index (χ2n) is 9.77. The van der Waals surface area contributed by atoms with E-state index in [1.54, 1.807) is 0 Å². The molecule has 5 amide bonds. The van der Waals surface area contributed by atoms with Crippen LogP contribution in [0.25, 0.3) is 0 Å². The van der Waals surface area contributed by atoms with Crippen LogP contribution in [0.15, 0.2) is 12.2 Å². The lowest BCUT2D eigenvalue weighted by Gasteiger charge is -2.28. The molecule has 0 spiro atoms. The zero-order valence-electron chi connectivity index (χ0n) is 21.3. The molecule has 0 aliphatic carbocycles. The number of ether oxygens (including phenoxy) is 2. The molecule has 0 aromatic carbocycles. The van der Waals surface area contributed by atoms with Crippen LogP contribution in [0.4, 0.5) is 0 Å². The van der Waals surface area contributed by atoms with Gasteiger partial charge in [-0.3, -0.25) is 28.9 Å². The van der Waals surface area contributed by atoms with Gasteiger partial charge < -0.3 is 19.6 Å². The predicted octanol–water partition coefficient (Wildman–Crippen LogP) is 0.786. The summed E-state index contributed by atoms with van der Waals surface area (Å²) in [4.78, 5) is 75.9. The summed E-state index contributed by atoms with van der Waals surface area (Å²) in [5.74, 6) is -2.80. The van der Waals surface area contributed by atoms with Crippen molar-refractivity contribution in [2.24, 2.45) is 0 Å². The fourth-order valence-electron chi connectivity index (χ4n) is 3.44. The zero-order valence-corrected chi connectivity index (χ0v) is 21.3. The molecular formula is C24H35N3O9. The number of hydrogen-bond acceptors (Lipinski definition) is 9. The minimum absolute atomic E-state index is 0.0211. The van der Waals surface area contributed by atoms with Crippen LogP contribution in [-0.2, 0) is 43.1 Å². The Hall–Kier alpha value is -3.12. The van der Waals surface area contributed by atoms with Crippen LogP contribution in [0.3, 0.4) is 0 Å². The predicted molar refractivity (Wildman–Crippen MR) is 125 cm³/mol. The Bertz CT molecular complexity index is 877. The molecule has 1 N–H and O–H groups in total. The van der Waals surface area contributed by atoms with Gasteiger partial charge in [0.2, 0.25) is 5.91 Å². The van der Waals surface area contributed by atoms with Gasteiger partial charge in [0.05, 0.1) is 30.8 Å². The number of imide groups is 2. The first-order valence-electron chi connectivity index (χ1n) is 11.9. The summed E-state index contributed by atoms with van der Waals surface area (Å²) in [6.07, 6.45) is 3.32. The maximum Gasteiger partial charge on any atom is 0.333 e. The van der Waals surface area contributed by atoms with E-state index in [1.165, 1.54) is 12.2 Å². The Morgan fingerprint density at radius 3 is 1.94 bits per heavy atom. The average molecular weight is 510 g/mol. The van der Waals surface area contributed by atoms with E-state index in [9.17, 15) is 28.8 Å². The number of rotatable bonds is 15. The zero-order chi connectivity index (χ0) is 26.9. The monoisotopic (exact) mass is 509 g/mol. The summed E-state index contributed by atoms with van der Waals surface area (Å²) in [7, 11) is 0. The lowest BCUT2D eigenvalue weighted by Crippen LogP contribution is -2.37. The highest BCUT2D eigenvalue weighted by atomic mass is 16.7. The average Bonchev–Trinajstić information content (AvgIpc) is 3.29. The molecule has 0 aromatic heterocycles. The van der Waals surface area contributed by atoms with Gasteiger partial charge in [-0.1, -0.05) is 0 Å². The Balaban J connectivity index is 1.57. The number of nitrogens with zero attached hydrogens (tertiary/aromatic N) is 2. The van der Waals surface area contributed by atoms with Crippen molar-refractivity contribution in [1.82, 2.24) is 15.3 Å². The summed E-state index contributed by atoms with van der Waals surface area (Å²) in [5, 5.41) is 3.29. The van der Waals surface area contributed by atoms with Gasteiger partial charge in [-0.25, -0.2) is 4.79 Å². The SMILES string of the molecule is CC(C)(CCNC(=O)CCN1C(=O)C=CC1=O)OCCOC(C)(C)CCC(=O)ON1C(=O)CCC1=O. The summed E-state index contributed by atoms with van der Waals surface area (Å²) >= 11 is 0. The third kappa shape index (κ3) is 9.50. The Morgan fingerprint density at radius 1 is 0.861 bits per heavy atom. The molecule has 36 heavy (non-hydrogen) atoms. The minimum atomic E-state index is -0.676. The highest BCUT2D eigenvalue weighted by Gasteiger charge is 2.33. The molecule has 1 saturated heterocycles. The van der Waals surface area contributed by atoms with E-state index in [4.69, 9.17) is 14.3 Å². The van der Waals surface area contributed by atoms with Crippen molar-refractivity contribution in [2.75, 3.05) is 26.3 Å². The van der Waals surface area contributed by atoms with Crippen molar-refractivity contribution < 1.29 is 43.1 Å². The second kappa shape index (κ2) is 12.7. The number of carbonyl (C=O) groups is 6. The molecule has 0 atom stereocenters. The summed E-state index contributed by atoms with van der Waals surface area (Å²) in [6.45, 7) is 8.35. The highest BCUT2D eigenvalue weighted by molar-refractivity contribution is 6.13. The van der Waals surface area contributed by atoms with Crippen molar-refractivity contribution in [3.05, 3.63) is 12.2 Å². The molecule has 0 radical (unpaired) electrons. The lowest BCUT2D eigenvalue weighted by molar-refractivity contribution is -0.198. The van der Waals surface area contributed by atoms with Gasteiger partial charge in [0.15, 0.2) is 0 Å². The number of amides is 5. The van der Waals surface area contributed by atoms with Crippen LogP contribution < -0.4 is 5.32 Å². The van der Waals surface area contributed by atoms with E-state index in [0.29, 0.717) is 24.4 Å². The Morgan fingerprint density at radius 2 is 1.39 bits per heavy atom. The van der Waals surface area contributed by atoms with E-state index in [1.807, 2.05) is 27.7 Å². The first-order chi connectivity index (χ1) is 16.8. The van der Waals surface area contributed by atoms with Gasteiger partial charge in [-0.05, 0) is 40.5 Å². The van der Waals surface area contributed by atoms with Gasteiger partial charge in [0.25, 0.3) is 23.6 Å². The summed E-state index contributed by atoms with van der Waals surface area (Å²) < 4.78 is 11.7. The molecule has 0 unspecified atom stereocenters. The van der Waals surface area contributed by atoms with Gasteiger partial charge in [-0.15, -0.1) is 5.06 Å². The van der Waals surface area contributed by atoms with Crippen LogP contribution in [-0.4, -0.2) is 83.0 Å². The number of hydroxylamine groups is 2. The van der Waals surface area contributed by atoms with Crippen LogP contribution in [0.2, 0.25) is 0 Å². The largest absolute Gasteiger partial charge is 0.373 e. The maximum absolute atomic E-state index is 12.0. The smallest absolute Gasteiger partial charge is 0.333 e. The first-order valence-corrected chi connectivity index (χ1v) is 11.9. The first kappa shape index (κ1) is 29.1. The molecule has 2 aliphatic rings. The molecule has 1 fully saturated rings. The van der Waals surface area contributed by atoms with Crippen molar-refractivity contribution in [3.8, 4) is 0 Å². The van der Waals surface area contributed by atoms with E-state index >= 15 is 0 Å². The van der Waals surface area contributed by atoms with E-state index < -0.39 is 40.8 Å². The molecule has 2 rings (SSSR count). The topological polar surface area (TPSA) is 149 Å². The lowest BCUT2D eigenvalue weighted by atomic mass is 10.0. The Labute approximate surface area is 210 Å². The summed E-state index contributed by atoms with van der Waals surface area (Å²) in [6, 6.07) is 0. The Kier molecular flexibility index (Phi) is 10.3. The van der Waals surface area contributed by atoms with Crippen molar-refractivity contribution in [1.29, 1.82) is 0 Å². The molecule has 12 nitrogen and oxygen atoms in total. The fourth-order valence-corrected chi connectivity index (χ4v) is 3.44. The van der Waals surface area contributed by atoms with Crippen LogP contribution in [0, 0.1) is 0 Å². The van der Waals surface area contributed by atoms with Crippen LogP contribution in [0.1, 0.15) is 66.2 Å². The molecular weight excluding hydrogens is 474 g/mol. The standard InChI is InChI=1S/C24H35N3O9/c1-23(2,11-9-22(33)36-27-20(31)7-8-21(27)32)34-15-16-35-24(3,4)12-13-25-17(28)10-14-26-18(29)5-6-19(26)30/h5-6H,7-16H2,1-4H3,(H,25,28). The molecule has 0 saturated carbocycles. The molecule has 2 aliphatic heterocycles. The number of nitrogens with one attached hydrogen (secondary N) is 1. The van der Waals surface area contributed by atoms with Crippen molar-refractivity contribution in [3.63, 3.8) is 0 Å². The molecule has 12 heteroatoms. The van der Waals surface area contributed by atoms with Gasteiger partial charge in [0, 0.05) is 44.5 Å². The van der Waals surface area contributed by atoms with E-state index in [0.717, 1.165) is 4.90 Å². The van der Waals surface area contributed by atoms with E-state index in [2.05, 4.69) is 5.32 Å². The minimum Gasteiger partial charge on any atom is -0.373 e. The molecule has 2 heterocycles. The van der Waals surface area contributed by atoms with E-state index in [-0.39, 0.29) is 51.3 Å². The van der Waals surface area contributed by atoms with Crippen molar-refractivity contribution >= 4 is 35.5 Å². The van der Waals surface area contributed by atoms with Gasteiger partial charge >= 0.3 is 5.97 Å². The normalized spacial score (nSPS) is 16.3. The third-order valence-corrected chi connectivity index (χ3v) is 5.71. The quantitative estimate of drug-likeness (QED) is 0.250. The highest BCUT2D eigenvalue weighted by Crippen LogP contribution is 2.20. The molecule has 200 valence electrons. The van der Waals surface area contributed by atoms with Gasteiger partial charge in [0.1, 0.15) is 0 Å². The second-order valence-corrected chi connectivity index (χ2v) is 9.77. The third-order valence-electron chi connectivity index (χ3n) is 5.71. The van der Waals surface area contributed by atoms with Crippen molar-refractivity contribution in [2.45, 2.75) is 77.4 Å². The summed E-state index contributed by atoms with van der Waals surface area (Å²) in [5.41, 5.74) is -1.20. The van der Waals surface area contributed by atoms with Crippen LogP contribution in [0.5, 0.6) is 0 Å². The fraction of sp³-hybridized carbons (Fsp3) is 0.667.